The van der Waals surface area contributed by atoms with Gasteiger partial charge >= 0.3 is 0 Å². The molecule has 12 aromatic rings. The number of fused-ring (bicyclic) bond motifs is 10. The van der Waals surface area contributed by atoms with Crippen LogP contribution in [0.1, 0.15) is 12.6 Å². The predicted molar refractivity (Wildman–Crippen MR) is 293 cm³/mol. The SMILES string of the molecule is C=C/C(=C\C=C/C)c1cc(-n2c3ccccc3c3cc(-c4ccc5c(c4)c4ccccc4c4ccccc4c4ccccc4n5-c4ccc(-c5ccccc5)cc4)ccc32)nc(-c2ccccc2)n1. The fourth-order valence-corrected chi connectivity index (χ4v) is 10.0. The number of nitrogens with zero attached hydrogens (tertiary/aromatic N) is 4. The minimum absolute atomic E-state index is 0.655. The second-order valence-corrected chi connectivity index (χ2v) is 17.3. The van der Waals surface area contributed by atoms with Crippen LogP contribution < -0.4 is 0 Å². The van der Waals surface area contributed by atoms with Crippen LogP contribution in [0.5, 0.6) is 0 Å². The summed E-state index contributed by atoms with van der Waals surface area (Å²) >= 11 is 0. The van der Waals surface area contributed by atoms with Crippen LogP contribution in [-0.4, -0.2) is 19.1 Å². The fourth-order valence-electron chi connectivity index (χ4n) is 10.0. The van der Waals surface area contributed by atoms with Crippen molar-refractivity contribution in [1.29, 1.82) is 0 Å². The molecule has 3 aromatic heterocycles. The Labute approximate surface area is 401 Å². The normalized spacial score (nSPS) is 11.9. The Bertz CT molecular complexity index is 4080. The van der Waals surface area contributed by atoms with Gasteiger partial charge in [-0.15, -0.1) is 0 Å². The summed E-state index contributed by atoms with van der Waals surface area (Å²) in [6.07, 6.45) is 7.94. The highest BCUT2D eigenvalue weighted by Crippen LogP contribution is 2.39. The van der Waals surface area contributed by atoms with E-state index in [0.717, 1.165) is 77.7 Å². The van der Waals surface area contributed by atoms with Gasteiger partial charge in [0.2, 0.25) is 0 Å². The quantitative estimate of drug-likeness (QED) is 0.143. The molecule has 0 N–H and O–H groups in total. The first kappa shape index (κ1) is 41.3. The summed E-state index contributed by atoms with van der Waals surface area (Å²) in [6, 6.07) is 80.9. The van der Waals surface area contributed by atoms with Crippen molar-refractivity contribution in [2.45, 2.75) is 6.92 Å². The van der Waals surface area contributed by atoms with E-state index < -0.39 is 0 Å². The Balaban J connectivity index is 1.12. The molecule has 0 aliphatic heterocycles. The summed E-state index contributed by atoms with van der Waals surface area (Å²) in [6.45, 7) is 6.17. The van der Waals surface area contributed by atoms with Gasteiger partial charge in [-0.1, -0.05) is 201 Å². The van der Waals surface area contributed by atoms with Crippen molar-refractivity contribution in [3.05, 3.63) is 261 Å². The molecule has 0 aliphatic rings. The smallest absolute Gasteiger partial charge is 0.162 e. The molecule has 0 fully saturated rings. The first-order valence-corrected chi connectivity index (χ1v) is 23.5. The maximum absolute atomic E-state index is 5.27. The molecule has 3 heterocycles. The Morgan fingerprint density at radius 2 is 0.826 bits per heavy atom. The largest absolute Gasteiger partial charge is 0.309 e. The van der Waals surface area contributed by atoms with Crippen molar-refractivity contribution >= 4 is 70.7 Å². The summed E-state index contributed by atoms with van der Waals surface area (Å²) in [4.78, 5) is 10.4. The molecule has 69 heavy (non-hydrogen) atoms. The molecule has 0 unspecified atom stereocenters. The third-order valence-corrected chi connectivity index (χ3v) is 13.3. The van der Waals surface area contributed by atoms with Crippen LogP contribution in [0.2, 0.25) is 0 Å². The van der Waals surface area contributed by atoms with Crippen molar-refractivity contribution in [2.75, 3.05) is 0 Å². The molecule has 4 nitrogen and oxygen atoms in total. The van der Waals surface area contributed by atoms with Crippen molar-refractivity contribution in [3.8, 4) is 45.1 Å². The number of benzene rings is 9. The van der Waals surface area contributed by atoms with Crippen LogP contribution in [0.25, 0.3) is 116 Å². The predicted octanol–water partition coefficient (Wildman–Crippen LogP) is 17.2. The zero-order chi connectivity index (χ0) is 46.3. The minimum atomic E-state index is 0.655. The van der Waals surface area contributed by atoms with Crippen molar-refractivity contribution in [3.63, 3.8) is 0 Å². The highest BCUT2D eigenvalue weighted by Gasteiger charge is 2.18. The summed E-state index contributed by atoms with van der Waals surface area (Å²) in [5, 5.41) is 9.39. The van der Waals surface area contributed by atoms with Crippen LogP contribution in [0.3, 0.4) is 0 Å². The molecule has 0 saturated heterocycles. The lowest BCUT2D eigenvalue weighted by molar-refractivity contribution is 1.04. The number of aromatic nitrogens is 4. The molecular weight excluding hydrogens is 837 g/mol. The van der Waals surface area contributed by atoms with Crippen molar-refractivity contribution in [2.24, 2.45) is 0 Å². The molecule has 0 bridgehead atoms. The summed E-state index contributed by atoms with van der Waals surface area (Å²) < 4.78 is 4.72. The number of hydrogen-bond acceptors (Lipinski definition) is 2. The lowest BCUT2D eigenvalue weighted by Crippen LogP contribution is -2.03. The topological polar surface area (TPSA) is 35.6 Å². The van der Waals surface area contributed by atoms with Crippen LogP contribution in [0.15, 0.2) is 255 Å². The third kappa shape index (κ3) is 7.36. The zero-order valence-corrected chi connectivity index (χ0v) is 38.2. The Hall–Kier alpha value is -9.12. The molecule has 0 radical (unpaired) electrons. The number of allylic oxidation sites excluding steroid dienone is 5. The molecular formula is C65H46N4. The van der Waals surface area contributed by atoms with Crippen molar-refractivity contribution in [1.82, 2.24) is 19.1 Å². The summed E-state index contributed by atoms with van der Waals surface area (Å²) in [7, 11) is 0. The third-order valence-electron chi connectivity index (χ3n) is 13.3. The van der Waals surface area contributed by atoms with Crippen LogP contribution in [0, 0.1) is 0 Å². The van der Waals surface area contributed by atoms with Crippen molar-refractivity contribution < 1.29 is 0 Å². The van der Waals surface area contributed by atoms with Crippen LogP contribution >= 0.6 is 0 Å². The molecule has 12 rings (SSSR count). The van der Waals surface area contributed by atoms with Gasteiger partial charge in [-0.25, -0.2) is 9.97 Å². The first-order valence-electron chi connectivity index (χ1n) is 23.5. The molecule has 0 amide bonds. The van der Waals surface area contributed by atoms with Gasteiger partial charge in [0.25, 0.3) is 0 Å². The summed E-state index contributed by atoms with van der Waals surface area (Å²) in [5.74, 6) is 1.44. The van der Waals surface area contributed by atoms with Gasteiger partial charge in [0, 0.05) is 38.9 Å². The van der Waals surface area contributed by atoms with Gasteiger partial charge in [0.15, 0.2) is 5.82 Å². The Kier molecular flexibility index (Phi) is 10.5. The van der Waals surface area contributed by atoms with E-state index in [1.165, 1.54) is 38.1 Å². The van der Waals surface area contributed by atoms with E-state index >= 15 is 0 Å². The maximum atomic E-state index is 5.27. The summed E-state index contributed by atoms with van der Waals surface area (Å²) in [5.41, 5.74) is 12.7. The fraction of sp³-hybridized carbons (Fsp3) is 0.0154. The maximum Gasteiger partial charge on any atom is 0.162 e. The highest BCUT2D eigenvalue weighted by molar-refractivity contribution is 6.20. The second-order valence-electron chi connectivity index (χ2n) is 17.3. The van der Waals surface area contributed by atoms with E-state index in [9.17, 15) is 0 Å². The molecule has 0 atom stereocenters. The molecule has 9 aromatic carbocycles. The number of hydrogen-bond donors (Lipinski definition) is 0. The second kappa shape index (κ2) is 17.6. The molecule has 326 valence electrons. The van der Waals surface area contributed by atoms with Gasteiger partial charge < -0.3 is 4.57 Å². The van der Waals surface area contributed by atoms with E-state index in [1.807, 2.05) is 49.4 Å². The van der Waals surface area contributed by atoms with Gasteiger partial charge in [0.1, 0.15) is 5.82 Å². The zero-order valence-electron chi connectivity index (χ0n) is 38.2. The van der Waals surface area contributed by atoms with E-state index in [-0.39, 0.29) is 0 Å². The van der Waals surface area contributed by atoms with Gasteiger partial charge in [-0.05, 0) is 105 Å². The van der Waals surface area contributed by atoms with E-state index in [2.05, 4.69) is 222 Å². The standard InChI is InChI=1S/C65H46N4/c1-3-5-20-44(4-2)59-43-64(67-65(66-59)47-23-10-7-11-24-47)69-61-32-19-17-30-56(61)58-42-49(36-40-63(58)69)48-35-39-62-57(41-48)54-28-15-13-26-52(54)51-25-12-14-27-53(51)55-29-16-18-31-60(55)68(62)50-37-33-46(34-38-50)45-21-8-6-9-22-45/h3-43H,2H2,1H3/b5-3-,44-20+. The highest BCUT2D eigenvalue weighted by atomic mass is 15.1. The Morgan fingerprint density at radius 3 is 1.42 bits per heavy atom. The molecule has 0 saturated carbocycles. The van der Waals surface area contributed by atoms with E-state index in [0.29, 0.717) is 5.82 Å². The van der Waals surface area contributed by atoms with E-state index in [4.69, 9.17) is 9.97 Å². The minimum Gasteiger partial charge on any atom is -0.309 e. The van der Waals surface area contributed by atoms with E-state index in [1.54, 1.807) is 0 Å². The van der Waals surface area contributed by atoms with Gasteiger partial charge in [-0.3, -0.25) is 4.57 Å². The lowest BCUT2D eigenvalue weighted by atomic mass is 9.98. The van der Waals surface area contributed by atoms with Gasteiger partial charge in [-0.2, -0.15) is 0 Å². The first-order chi connectivity index (χ1) is 34.1. The average Bonchev–Trinajstić information content (AvgIpc) is 3.77. The van der Waals surface area contributed by atoms with Crippen LogP contribution in [0.4, 0.5) is 0 Å². The number of para-hydroxylation sites is 2. The average molecular weight is 883 g/mol. The molecule has 0 aliphatic carbocycles. The molecule has 0 spiro atoms. The lowest BCUT2D eigenvalue weighted by Gasteiger charge is -2.15. The number of rotatable bonds is 8. The van der Waals surface area contributed by atoms with Crippen LogP contribution in [-0.2, 0) is 0 Å². The Morgan fingerprint density at radius 1 is 0.391 bits per heavy atom. The monoisotopic (exact) mass is 882 g/mol. The van der Waals surface area contributed by atoms with Gasteiger partial charge in [0.05, 0.1) is 27.8 Å². The molecule has 4 heteroatoms.